The third-order valence-corrected chi connectivity index (χ3v) is 4.68. The van der Waals surface area contributed by atoms with Crippen LogP contribution in [0.2, 0.25) is 0 Å². The van der Waals surface area contributed by atoms with E-state index in [4.69, 9.17) is 16.0 Å². The normalized spacial score (nSPS) is 12.3. The minimum absolute atomic E-state index is 0.0769. The molecule has 0 spiro atoms. The largest absolute Gasteiger partial charge is 0.465 e. The van der Waals surface area contributed by atoms with Crippen molar-refractivity contribution in [2.75, 3.05) is 7.11 Å². The lowest BCUT2D eigenvalue weighted by molar-refractivity contribution is -0.137. The van der Waals surface area contributed by atoms with Crippen LogP contribution < -0.4 is 0 Å². The monoisotopic (exact) mass is 443 g/mol. The van der Waals surface area contributed by atoms with Crippen molar-refractivity contribution in [3.8, 4) is 12.3 Å². The second-order valence-corrected chi connectivity index (χ2v) is 6.90. The van der Waals surface area contributed by atoms with E-state index >= 15 is 0 Å². The van der Waals surface area contributed by atoms with Gasteiger partial charge in [0.25, 0.3) is 0 Å². The molecule has 7 heteroatoms. The van der Waals surface area contributed by atoms with Gasteiger partial charge in [-0.15, -0.1) is 6.42 Å². The number of methoxy groups -OCH3 is 1. The molecule has 0 aromatic heterocycles. The second-order valence-electron chi connectivity index (χ2n) is 6.90. The van der Waals surface area contributed by atoms with Crippen LogP contribution in [0.4, 0.5) is 13.2 Å². The third-order valence-electron chi connectivity index (χ3n) is 4.68. The van der Waals surface area contributed by atoms with Crippen LogP contribution in [0.3, 0.4) is 0 Å². The van der Waals surface area contributed by atoms with Crippen molar-refractivity contribution in [3.05, 3.63) is 76.4 Å². The molecule has 2 aromatic rings. The van der Waals surface area contributed by atoms with Crippen LogP contribution in [0.15, 0.2) is 53.7 Å². The van der Waals surface area contributed by atoms with Gasteiger partial charge in [-0.2, -0.15) is 13.2 Å². The first-order chi connectivity index (χ1) is 15.2. The zero-order valence-corrected chi connectivity index (χ0v) is 18.1. The molecule has 2 rings (SSSR count). The summed E-state index contributed by atoms with van der Waals surface area (Å²) in [4.78, 5) is 17.8. The van der Waals surface area contributed by atoms with Gasteiger partial charge in [0.1, 0.15) is 6.61 Å². The smallest absolute Gasteiger partial charge is 0.416 e. The summed E-state index contributed by atoms with van der Waals surface area (Å²) >= 11 is 0. The fraction of sp³-hybridized carbons (Fsp3) is 0.280. The Hall–Kier alpha value is -3.53. The number of hydrogen-bond donors (Lipinski definition) is 0. The first-order valence-corrected chi connectivity index (χ1v) is 9.94. The number of allylic oxidation sites excluding steroid dienone is 1. The number of benzene rings is 2. The van der Waals surface area contributed by atoms with Crippen LogP contribution in [0.5, 0.6) is 0 Å². The van der Waals surface area contributed by atoms with Crippen LogP contribution in [0, 0.1) is 12.3 Å². The fourth-order valence-electron chi connectivity index (χ4n) is 3.00. The van der Waals surface area contributed by atoms with Gasteiger partial charge in [-0.05, 0) is 42.7 Å². The minimum atomic E-state index is -4.45. The van der Waals surface area contributed by atoms with Gasteiger partial charge in [0.15, 0.2) is 0 Å². The highest BCUT2D eigenvalue weighted by molar-refractivity contribution is 6.17. The lowest BCUT2D eigenvalue weighted by atomic mass is 9.95. The van der Waals surface area contributed by atoms with E-state index in [2.05, 4.69) is 11.1 Å². The number of halogens is 3. The molecular weight excluding hydrogens is 419 g/mol. The fourth-order valence-corrected chi connectivity index (χ4v) is 3.00. The van der Waals surface area contributed by atoms with Gasteiger partial charge in [-0.1, -0.05) is 54.8 Å². The molecule has 0 unspecified atom stereocenters. The lowest BCUT2D eigenvalue weighted by Gasteiger charge is -2.14. The number of ether oxygens (including phenoxy) is 1. The highest BCUT2D eigenvalue weighted by Gasteiger charge is 2.30. The van der Waals surface area contributed by atoms with Crippen molar-refractivity contribution >= 4 is 17.3 Å². The number of terminal acetylenes is 1. The van der Waals surface area contributed by atoms with Crippen molar-refractivity contribution in [1.29, 1.82) is 0 Å². The Morgan fingerprint density at radius 3 is 2.56 bits per heavy atom. The Morgan fingerprint density at radius 2 is 1.94 bits per heavy atom. The minimum Gasteiger partial charge on any atom is -0.465 e. The summed E-state index contributed by atoms with van der Waals surface area (Å²) in [5.41, 5.74) is 1.78. The standard InChI is InChI=1S/C25H24F3NO3/c1-5-7-13-22(24(30)31-4)21-14-9-10-18(6-2)23(21)16-32-29-17(3)19-11-8-12-20(15-19)25(26,27)28/h2,8-15H,5,7,16H2,1,3-4H3/b22-13-,29-17+. The molecule has 0 aliphatic heterocycles. The number of hydrogen-bond acceptors (Lipinski definition) is 4. The number of oxime groups is 1. The Balaban J connectivity index is 2.35. The molecule has 168 valence electrons. The maximum atomic E-state index is 13.0. The molecule has 0 amide bonds. The van der Waals surface area contributed by atoms with E-state index in [1.807, 2.05) is 6.92 Å². The van der Waals surface area contributed by atoms with E-state index in [1.165, 1.54) is 19.2 Å². The van der Waals surface area contributed by atoms with E-state index in [9.17, 15) is 18.0 Å². The molecule has 0 fully saturated rings. The van der Waals surface area contributed by atoms with Crippen molar-refractivity contribution in [3.63, 3.8) is 0 Å². The maximum absolute atomic E-state index is 13.0. The van der Waals surface area contributed by atoms with E-state index < -0.39 is 17.7 Å². The average molecular weight is 443 g/mol. The lowest BCUT2D eigenvalue weighted by Crippen LogP contribution is -2.09. The summed E-state index contributed by atoms with van der Waals surface area (Å²) in [5, 5.41) is 3.96. The predicted molar refractivity (Wildman–Crippen MR) is 118 cm³/mol. The SMILES string of the molecule is C#Cc1cccc(/C(=C/CCC)C(=O)OC)c1CO/N=C(\C)c1cccc(C(F)(F)F)c1. The number of nitrogens with zero attached hydrogens (tertiary/aromatic N) is 1. The zero-order valence-electron chi connectivity index (χ0n) is 18.1. The van der Waals surface area contributed by atoms with Crippen LogP contribution in [-0.2, 0) is 27.2 Å². The van der Waals surface area contributed by atoms with Crippen LogP contribution in [-0.4, -0.2) is 18.8 Å². The highest BCUT2D eigenvalue weighted by Crippen LogP contribution is 2.30. The molecule has 4 nitrogen and oxygen atoms in total. The van der Waals surface area contributed by atoms with E-state index in [0.29, 0.717) is 28.7 Å². The highest BCUT2D eigenvalue weighted by atomic mass is 19.4. The van der Waals surface area contributed by atoms with Gasteiger partial charge in [0.05, 0.1) is 24.0 Å². The molecule has 0 heterocycles. The summed E-state index contributed by atoms with van der Waals surface area (Å²) < 4.78 is 43.8. The van der Waals surface area contributed by atoms with Crippen molar-refractivity contribution in [2.45, 2.75) is 39.5 Å². The molecule has 32 heavy (non-hydrogen) atoms. The second kappa shape index (κ2) is 11.2. The molecule has 0 N–H and O–H groups in total. The first-order valence-electron chi connectivity index (χ1n) is 9.94. The molecule has 0 saturated heterocycles. The quantitative estimate of drug-likeness (QED) is 0.166. The summed E-state index contributed by atoms with van der Waals surface area (Å²) in [7, 11) is 1.30. The van der Waals surface area contributed by atoms with E-state index in [1.54, 1.807) is 31.2 Å². The number of unbranched alkanes of at least 4 members (excludes halogenated alkanes) is 1. The van der Waals surface area contributed by atoms with E-state index in [-0.39, 0.29) is 17.9 Å². The molecule has 2 aromatic carbocycles. The van der Waals surface area contributed by atoms with Crippen LogP contribution >= 0.6 is 0 Å². The van der Waals surface area contributed by atoms with Crippen molar-refractivity contribution < 1.29 is 27.5 Å². The number of esters is 1. The molecule has 0 aliphatic rings. The number of carbonyl (C=O) groups is 1. The van der Waals surface area contributed by atoms with Gasteiger partial charge in [-0.25, -0.2) is 4.79 Å². The van der Waals surface area contributed by atoms with Crippen LogP contribution in [0.25, 0.3) is 5.57 Å². The number of carbonyl (C=O) groups excluding carboxylic acids is 1. The first kappa shape index (κ1) is 24.7. The molecule has 0 aliphatic carbocycles. The Bertz CT molecular complexity index is 1060. The third kappa shape index (κ3) is 6.24. The Labute approximate surface area is 185 Å². The Morgan fingerprint density at radius 1 is 1.22 bits per heavy atom. The number of rotatable bonds is 8. The average Bonchev–Trinajstić information content (AvgIpc) is 2.79. The van der Waals surface area contributed by atoms with Crippen molar-refractivity contribution in [1.82, 2.24) is 0 Å². The molecule has 0 saturated carbocycles. The molecule has 0 atom stereocenters. The zero-order chi connectivity index (χ0) is 23.7. The van der Waals surface area contributed by atoms with Gasteiger partial charge in [0, 0.05) is 11.1 Å². The van der Waals surface area contributed by atoms with Gasteiger partial charge in [0.2, 0.25) is 0 Å². The predicted octanol–water partition coefficient (Wildman–Crippen LogP) is 5.98. The van der Waals surface area contributed by atoms with Crippen LogP contribution in [0.1, 0.15) is 54.5 Å². The topological polar surface area (TPSA) is 47.9 Å². The molecular formula is C25H24F3NO3. The summed E-state index contributed by atoms with van der Waals surface area (Å²) in [6.45, 7) is 3.45. The summed E-state index contributed by atoms with van der Waals surface area (Å²) in [6, 6.07) is 10.00. The molecule has 0 radical (unpaired) electrons. The summed E-state index contributed by atoms with van der Waals surface area (Å²) in [6.07, 6.45) is 4.45. The number of alkyl halides is 3. The van der Waals surface area contributed by atoms with Gasteiger partial charge >= 0.3 is 12.1 Å². The maximum Gasteiger partial charge on any atom is 0.416 e. The van der Waals surface area contributed by atoms with E-state index in [0.717, 1.165) is 18.6 Å². The Kier molecular flexibility index (Phi) is 8.65. The molecule has 0 bridgehead atoms. The summed E-state index contributed by atoms with van der Waals surface area (Å²) in [5.74, 6) is 2.06. The van der Waals surface area contributed by atoms with Crippen molar-refractivity contribution in [2.24, 2.45) is 5.16 Å². The van der Waals surface area contributed by atoms with Gasteiger partial charge in [-0.3, -0.25) is 0 Å². The van der Waals surface area contributed by atoms with Gasteiger partial charge < -0.3 is 9.57 Å².